The molecule has 0 bridgehead atoms. The quantitative estimate of drug-likeness (QED) is 0.733. The van der Waals surface area contributed by atoms with E-state index in [2.05, 4.69) is 10.2 Å². The highest BCUT2D eigenvalue weighted by Crippen LogP contribution is 2.20. The lowest BCUT2D eigenvalue weighted by atomic mass is 10.1. The van der Waals surface area contributed by atoms with Crippen molar-refractivity contribution in [1.82, 2.24) is 10.2 Å². The highest BCUT2D eigenvalue weighted by Gasteiger charge is 2.30. The maximum Gasteiger partial charge on any atom is 0.401 e. The van der Waals surface area contributed by atoms with Gasteiger partial charge in [0.05, 0.1) is 19.8 Å². The van der Waals surface area contributed by atoms with Gasteiger partial charge in [0.2, 0.25) is 0 Å². The Morgan fingerprint density at radius 1 is 1.17 bits per heavy atom. The Kier molecular flexibility index (Phi) is 7.33. The normalized spacial score (nSPS) is 16.0. The van der Waals surface area contributed by atoms with Crippen molar-refractivity contribution < 1.29 is 17.9 Å². The molecule has 0 unspecified atom stereocenters. The molecule has 1 aromatic rings. The van der Waals surface area contributed by atoms with Crippen LogP contribution in [0.1, 0.15) is 12.5 Å². The van der Waals surface area contributed by atoms with E-state index < -0.39 is 12.7 Å². The van der Waals surface area contributed by atoms with Crippen molar-refractivity contribution in [3.05, 3.63) is 29.8 Å². The fourth-order valence-corrected chi connectivity index (χ4v) is 2.77. The van der Waals surface area contributed by atoms with Crippen LogP contribution in [0.3, 0.4) is 0 Å². The second kappa shape index (κ2) is 9.25. The monoisotopic (exact) mass is 345 g/mol. The van der Waals surface area contributed by atoms with Gasteiger partial charge in [0.25, 0.3) is 0 Å². The molecule has 0 radical (unpaired) electrons. The molecule has 1 heterocycles. The van der Waals surface area contributed by atoms with Crippen LogP contribution >= 0.6 is 0 Å². The fraction of sp³-hybridized carbons (Fsp3) is 0.647. The number of rotatable bonds is 8. The highest BCUT2D eigenvalue weighted by molar-refractivity contribution is 5.47. The largest absolute Gasteiger partial charge is 0.401 e. The molecule has 7 heteroatoms. The smallest absolute Gasteiger partial charge is 0.378 e. The van der Waals surface area contributed by atoms with Crippen LogP contribution in [-0.2, 0) is 11.3 Å². The predicted molar refractivity (Wildman–Crippen MR) is 89.3 cm³/mol. The molecule has 24 heavy (non-hydrogen) atoms. The Hall–Kier alpha value is -1.31. The Morgan fingerprint density at radius 3 is 2.42 bits per heavy atom. The number of morpholine rings is 1. The van der Waals surface area contributed by atoms with Crippen molar-refractivity contribution >= 4 is 5.69 Å². The molecule has 1 N–H and O–H groups in total. The van der Waals surface area contributed by atoms with Crippen LogP contribution in [0, 0.1) is 0 Å². The van der Waals surface area contributed by atoms with E-state index >= 15 is 0 Å². The van der Waals surface area contributed by atoms with Crippen LogP contribution in [0.2, 0.25) is 0 Å². The summed E-state index contributed by atoms with van der Waals surface area (Å²) in [6, 6.07) is 7.80. The van der Waals surface area contributed by atoms with Gasteiger partial charge >= 0.3 is 6.18 Å². The Balaban J connectivity index is 1.94. The second-order valence-electron chi connectivity index (χ2n) is 5.95. The topological polar surface area (TPSA) is 27.7 Å². The Bertz CT molecular complexity index is 473. The standard InChI is InChI=1S/C17H26F3N3O/c1-2-21-7-8-22(14-17(18,19)20)13-15-3-5-16(6-4-15)23-9-11-24-12-10-23/h3-6,21H,2,7-14H2,1H3. The molecule has 0 amide bonds. The third-order valence-corrected chi connectivity index (χ3v) is 3.98. The molecule has 1 aliphatic rings. The van der Waals surface area contributed by atoms with E-state index in [0.717, 1.165) is 30.9 Å². The number of ether oxygens (including phenoxy) is 1. The summed E-state index contributed by atoms with van der Waals surface area (Å²) >= 11 is 0. The van der Waals surface area contributed by atoms with Gasteiger partial charge in [0, 0.05) is 38.4 Å². The van der Waals surface area contributed by atoms with Crippen molar-refractivity contribution in [2.75, 3.05) is 57.4 Å². The van der Waals surface area contributed by atoms with Crippen LogP contribution < -0.4 is 10.2 Å². The summed E-state index contributed by atoms with van der Waals surface area (Å²) in [5.41, 5.74) is 1.99. The Morgan fingerprint density at radius 2 is 1.83 bits per heavy atom. The minimum absolute atomic E-state index is 0.300. The van der Waals surface area contributed by atoms with Crippen molar-refractivity contribution in [3.8, 4) is 0 Å². The molecule has 0 atom stereocenters. The second-order valence-corrected chi connectivity index (χ2v) is 5.95. The zero-order valence-electron chi connectivity index (χ0n) is 14.1. The molecule has 136 valence electrons. The first-order valence-corrected chi connectivity index (χ1v) is 8.39. The maximum atomic E-state index is 12.7. The highest BCUT2D eigenvalue weighted by atomic mass is 19.4. The van der Waals surface area contributed by atoms with E-state index in [1.165, 1.54) is 4.90 Å². The van der Waals surface area contributed by atoms with Gasteiger partial charge < -0.3 is 15.0 Å². The van der Waals surface area contributed by atoms with Crippen LogP contribution in [0.4, 0.5) is 18.9 Å². The van der Waals surface area contributed by atoms with Crippen molar-refractivity contribution in [3.63, 3.8) is 0 Å². The van der Waals surface area contributed by atoms with E-state index in [1.54, 1.807) is 0 Å². The van der Waals surface area contributed by atoms with Gasteiger partial charge in [-0.05, 0) is 24.2 Å². The number of nitrogens with one attached hydrogen (secondary N) is 1. The van der Waals surface area contributed by atoms with Gasteiger partial charge in [0.15, 0.2) is 0 Å². The first-order valence-electron chi connectivity index (χ1n) is 8.39. The van der Waals surface area contributed by atoms with E-state index in [9.17, 15) is 13.2 Å². The predicted octanol–water partition coefficient (Wildman–Crippen LogP) is 2.50. The third kappa shape index (κ3) is 6.67. The summed E-state index contributed by atoms with van der Waals surface area (Å²) in [6.07, 6.45) is -4.18. The van der Waals surface area contributed by atoms with Crippen molar-refractivity contribution in [2.45, 2.75) is 19.6 Å². The summed E-state index contributed by atoms with van der Waals surface area (Å²) in [5, 5.41) is 3.07. The average Bonchev–Trinajstić information content (AvgIpc) is 2.55. The molecule has 0 spiro atoms. The number of anilines is 1. The summed E-state index contributed by atoms with van der Waals surface area (Å²) in [7, 11) is 0. The summed E-state index contributed by atoms with van der Waals surface area (Å²) in [4.78, 5) is 3.67. The number of likely N-dealkylation sites (N-methyl/N-ethyl adjacent to an activating group) is 1. The van der Waals surface area contributed by atoms with Gasteiger partial charge in [-0.3, -0.25) is 4.90 Å². The zero-order chi connectivity index (χ0) is 17.4. The molecule has 0 aromatic heterocycles. The molecule has 4 nitrogen and oxygen atoms in total. The van der Waals surface area contributed by atoms with Crippen molar-refractivity contribution in [2.24, 2.45) is 0 Å². The van der Waals surface area contributed by atoms with Gasteiger partial charge in [-0.25, -0.2) is 0 Å². The first-order chi connectivity index (χ1) is 11.5. The Labute approximate surface area is 141 Å². The van der Waals surface area contributed by atoms with Gasteiger partial charge in [0.1, 0.15) is 0 Å². The lowest BCUT2D eigenvalue weighted by molar-refractivity contribution is -0.146. The molecular weight excluding hydrogens is 319 g/mol. The number of hydrogen-bond acceptors (Lipinski definition) is 4. The number of benzene rings is 1. The minimum Gasteiger partial charge on any atom is -0.378 e. The number of alkyl halides is 3. The maximum absolute atomic E-state index is 12.7. The van der Waals surface area contributed by atoms with Gasteiger partial charge in [-0.15, -0.1) is 0 Å². The van der Waals surface area contributed by atoms with E-state index in [0.29, 0.717) is 32.8 Å². The number of nitrogens with zero attached hydrogens (tertiary/aromatic N) is 2. The zero-order valence-corrected chi connectivity index (χ0v) is 14.1. The minimum atomic E-state index is -4.18. The van der Waals surface area contributed by atoms with Gasteiger partial charge in [-0.2, -0.15) is 13.2 Å². The summed E-state index contributed by atoms with van der Waals surface area (Å²) < 4.78 is 43.6. The van der Waals surface area contributed by atoms with Crippen LogP contribution in [0.15, 0.2) is 24.3 Å². The summed E-state index contributed by atoms with van der Waals surface area (Å²) in [5.74, 6) is 0. The SMILES string of the molecule is CCNCCN(Cc1ccc(N2CCOCC2)cc1)CC(F)(F)F. The van der Waals surface area contributed by atoms with Crippen LogP contribution in [-0.4, -0.2) is 63.6 Å². The third-order valence-electron chi connectivity index (χ3n) is 3.98. The number of halogens is 3. The lowest BCUT2D eigenvalue weighted by Gasteiger charge is -2.29. The average molecular weight is 345 g/mol. The molecule has 2 rings (SSSR count). The molecule has 1 aliphatic heterocycles. The van der Waals surface area contributed by atoms with Crippen molar-refractivity contribution in [1.29, 1.82) is 0 Å². The van der Waals surface area contributed by atoms with Gasteiger partial charge in [-0.1, -0.05) is 19.1 Å². The molecule has 1 saturated heterocycles. The summed E-state index contributed by atoms with van der Waals surface area (Å²) in [6.45, 7) is 6.17. The van der Waals surface area contributed by atoms with E-state index in [1.807, 2.05) is 31.2 Å². The molecular formula is C17H26F3N3O. The van der Waals surface area contributed by atoms with Crippen LogP contribution in [0.5, 0.6) is 0 Å². The molecule has 0 saturated carbocycles. The molecule has 1 fully saturated rings. The van der Waals surface area contributed by atoms with E-state index in [4.69, 9.17) is 4.74 Å². The lowest BCUT2D eigenvalue weighted by Crippen LogP contribution is -2.38. The first kappa shape index (κ1) is 19.0. The number of hydrogen-bond donors (Lipinski definition) is 1. The van der Waals surface area contributed by atoms with E-state index in [-0.39, 0.29) is 0 Å². The molecule has 1 aromatic carbocycles. The fourth-order valence-electron chi connectivity index (χ4n) is 2.77. The molecule has 0 aliphatic carbocycles. The van der Waals surface area contributed by atoms with Crippen LogP contribution in [0.25, 0.3) is 0 Å².